The molecule has 0 fully saturated rings. The Kier molecular flexibility index (Phi) is 3.89. The second-order valence-electron chi connectivity index (χ2n) is 3.65. The van der Waals surface area contributed by atoms with Gasteiger partial charge in [0.1, 0.15) is 5.75 Å². The van der Waals surface area contributed by atoms with Gasteiger partial charge >= 0.3 is 0 Å². The van der Waals surface area contributed by atoms with E-state index in [4.69, 9.17) is 0 Å². The average molecular weight is 304 g/mol. The number of ketones is 1. The number of hydrogen-bond acceptors (Lipinski definition) is 3. The van der Waals surface area contributed by atoms with E-state index < -0.39 is 0 Å². The van der Waals surface area contributed by atoms with E-state index in [0.717, 1.165) is 10.0 Å². The first kappa shape index (κ1) is 12.5. The fraction of sp³-hybridized carbons (Fsp3) is 0. The number of allylic oxidation sites excluding steroid dienone is 1. The van der Waals surface area contributed by atoms with Gasteiger partial charge in [0, 0.05) is 16.9 Å². The van der Waals surface area contributed by atoms with Crippen molar-refractivity contribution in [3.05, 3.63) is 64.4 Å². The van der Waals surface area contributed by atoms with Crippen LogP contribution in [0.5, 0.6) is 5.75 Å². The predicted molar refractivity (Wildman–Crippen MR) is 73.4 cm³/mol. The summed E-state index contributed by atoms with van der Waals surface area (Å²) in [6.45, 7) is 0. The molecule has 1 N–H and O–H groups in total. The lowest BCUT2D eigenvalue weighted by Crippen LogP contribution is -1.94. The van der Waals surface area contributed by atoms with Crippen LogP contribution in [0.3, 0.4) is 0 Å². The number of hydrogen-bond donors (Lipinski definition) is 1. The summed E-state index contributed by atoms with van der Waals surface area (Å²) in [5.74, 6) is -0.281. The zero-order chi connectivity index (χ0) is 13.0. The Bertz CT molecular complexity index is 594. The summed E-state index contributed by atoms with van der Waals surface area (Å²) in [5.41, 5.74) is 1.10. The molecule has 0 amide bonds. The quantitative estimate of drug-likeness (QED) is 0.698. The minimum absolute atomic E-state index is 0.0287. The first-order valence-corrected chi connectivity index (χ1v) is 6.07. The molecule has 0 saturated carbocycles. The number of rotatable bonds is 3. The summed E-state index contributed by atoms with van der Waals surface area (Å²) in [7, 11) is 0. The van der Waals surface area contributed by atoms with Gasteiger partial charge in [-0.15, -0.1) is 0 Å². The van der Waals surface area contributed by atoms with Crippen molar-refractivity contribution in [1.29, 1.82) is 0 Å². The second kappa shape index (κ2) is 5.60. The maximum absolute atomic E-state index is 11.9. The van der Waals surface area contributed by atoms with Crippen molar-refractivity contribution in [2.45, 2.75) is 0 Å². The van der Waals surface area contributed by atoms with E-state index in [1.165, 1.54) is 12.1 Å². The standard InChI is InChI=1S/C14H10BrNO2/c15-11-4-6-14(18)12(8-11)13(17)5-3-10-2-1-7-16-9-10/h1-9,18H. The van der Waals surface area contributed by atoms with Gasteiger partial charge in [0.15, 0.2) is 5.78 Å². The van der Waals surface area contributed by atoms with Crippen molar-refractivity contribution in [3.63, 3.8) is 0 Å². The molecule has 0 bridgehead atoms. The van der Waals surface area contributed by atoms with Gasteiger partial charge in [-0.25, -0.2) is 0 Å². The molecule has 1 heterocycles. The number of carbonyl (C=O) groups is 1. The molecule has 0 spiro atoms. The van der Waals surface area contributed by atoms with Crippen molar-refractivity contribution in [2.24, 2.45) is 0 Å². The van der Waals surface area contributed by atoms with Gasteiger partial charge in [0.2, 0.25) is 0 Å². The summed E-state index contributed by atoms with van der Waals surface area (Å²) >= 11 is 3.26. The Hall–Kier alpha value is -1.94. The third kappa shape index (κ3) is 3.05. The van der Waals surface area contributed by atoms with Crippen molar-refractivity contribution in [3.8, 4) is 5.75 Å². The summed E-state index contributed by atoms with van der Waals surface area (Å²) in [6.07, 6.45) is 6.40. The lowest BCUT2D eigenvalue weighted by atomic mass is 10.1. The zero-order valence-corrected chi connectivity index (χ0v) is 11.0. The van der Waals surface area contributed by atoms with E-state index in [0.29, 0.717) is 0 Å². The molecule has 0 saturated heterocycles. The molecule has 1 aromatic heterocycles. The van der Waals surface area contributed by atoms with E-state index in [9.17, 15) is 9.90 Å². The number of halogens is 1. The van der Waals surface area contributed by atoms with E-state index >= 15 is 0 Å². The Morgan fingerprint density at radius 3 is 2.89 bits per heavy atom. The van der Waals surface area contributed by atoms with E-state index in [1.807, 2.05) is 6.07 Å². The number of phenols is 1. The van der Waals surface area contributed by atoms with Gasteiger partial charge < -0.3 is 5.11 Å². The maximum atomic E-state index is 11.9. The van der Waals surface area contributed by atoms with E-state index in [2.05, 4.69) is 20.9 Å². The molecule has 4 heteroatoms. The van der Waals surface area contributed by atoms with Crippen LogP contribution in [0, 0.1) is 0 Å². The molecular formula is C14H10BrNO2. The number of benzene rings is 1. The van der Waals surface area contributed by atoms with Gasteiger partial charge in [0.05, 0.1) is 5.56 Å². The number of aromatic nitrogens is 1. The molecule has 0 aliphatic carbocycles. The molecule has 18 heavy (non-hydrogen) atoms. The molecule has 0 aliphatic rings. The highest BCUT2D eigenvalue weighted by Gasteiger charge is 2.08. The van der Waals surface area contributed by atoms with Crippen LogP contribution in [-0.4, -0.2) is 15.9 Å². The highest BCUT2D eigenvalue weighted by Crippen LogP contribution is 2.22. The monoisotopic (exact) mass is 303 g/mol. The number of phenolic OH excluding ortho intramolecular Hbond substituents is 1. The zero-order valence-electron chi connectivity index (χ0n) is 9.38. The molecule has 0 atom stereocenters. The number of nitrogens with zero attached hydrogens (tertiary/aromatic N) is 1. The normalized spacial score (nSPS) is 10.7. The molecule has 2 aromatic rings. The van der Waals surface area contributed by atoms with Gasteiger partial charge in [-0.2, -0.15) is 0 Å². The maximum Gasteiger partial charge on any atom is 0.189 e. The van der Waals surface area contributed by atoms with E-state index in [-0.39, 0.29) is 17.1 Å². The van der Waals surface area contributed by atoms with Gasteiger partial charge in [-0.3, -0.25) is 9.78 Å². The van der Waals surface area contributed by atoms with Crippen molar-refractivity contribution < 1.29 is 9.90 Å². The first-order chi connectivity index (χ1) is 8.66. The highest BCUT2D eigenvalue weighted by molar-refractivity contribution is 9.10. The largest absolute Gasteiger partial charge is 0.507 e. The lowest BCUT2D eigenvalue weighted by Gasteiger charge is -2.00. The van der Waals surface area contributed by atoms with Gasteiger partial charge in [-0.1, -0.05) is 22.0 Å². The van der Waals surface area contributed by atoms with Crippen LogP contribution < -0.4 is 0 Å². The topological polar surface area (TPSA) is 50.2 Å². The summed E-state index contributed by atoms with van der Waals surface area (Å²) in [5, 5.41) is 9.61. The Labute approximate surface area is 113 Å². The van der Waals surface area contributed by atoms with Crippen molar-refractivity contribution in [2.75, 3.05) is 0 Å². The molecule has 2 rings (SSSR count). The van der Waals surface area contributed by atoms with Crippen LogP contribution in [0.4, 0.5) is 0 Å². The highest BCUT2D eigenvalue weighted by atomic mass is 79.9. The Balaban J connectivity index is 2.22. The summed E-state index contributed by atoms with van der Waals surface area (Å²) in [6, 6.07) is 8.38. The van der Waals surface area contributed by atoms with Gasteiger partial charge in [0.25, 0.3) is 0 Å². The fourth-order valence-corrected chi connectivity index (χ4v) is 1.80. The molecule has 0 aliphatic heterocycles. The number of aromatic hydroxyl groups is 1. The van der Waals surface area contributed by atoms with Crippen LogP contribution >= 0.6 is 15.9 Å². The number of pyridine rings is 1. The van der Waals surface area contributed by atoms with Crippen molar-refractivity contribution in [1.82, 2.24) is 4.98 Å². The SMILES string of the molecule is O=C(C=Cc1cccnc1)c1cc(Br)ccc1O. The van der Waals surface area contributed by atoms with Crippen LogP contribution in [0.1, 0.15) is 15.9 Å². The second-order valence-corrected chi connectivity index (χ2v) is 4.56. The third-order valence-corrected chi connectivity index (χ3v) is 2.83. The van der Waals surface area contributed by atoms with Crippen LogP contribution in [0.25, 0.3) is 6.08 Å². The van der Waals surface area contributed by atoms with Crippen LogP contribution in [0.15, 0.2) is 53.3 Å². The third-order valence-electron chi connectivity index (χ3n) is 2.34. The molecular weight excluding hydrogens is 294 g/mol. The minimum atomic E-state index is -0.252. The predicted octanol–water partition coefficient (Wildman–Crippen LogP) is 3.45. The van der Waals surface area contributed by atoms with Gasteiger partial charge in [-0.05, 0) is 42.0 Å². The molecule has 1 aromatic carbocycles. The van der Waals surface area contributed by atoms with Crippen LogP contribution in [0.2, 0.25) is 0 Å². The molecule has 3 nitrogen and oxygen atoms in total. The Morgan fingerprint density at radius 1 is 1.33 bits per heavy atom. The first-order valence-electron chi connectivity index (χ1n) is 5.28. The smallest absolute Gasteiger partial charge is 0.189 e. The summed E-state index contributed by atoms with van der Waals surface area (Å²) in [4.78, 5) is 15.9. The fourth-order valence-electron chi connectivity index (χ4n) is 1.44. The average Bonchev–Trinajstić information content (AvgIpc) is 2.40. The minimum Gasteiger partial charge on any atom is -0.507 e. The van der Waals surface area contributed by atoms with Crippen LogP contribution in [-0.2, 0) is 0 Å². The lowest BCUT2D eigenvalue weighted by molar-refractivity contribution is 0.104. The Morgan fingerprint density at radius 2 is 2.17 bits per heavy atom. The summed E-state index contributed by atoms with van der Waals surface area (Å²) < 4.78 is 0.749. The molecule has 0 radical (unpaired) electrons. The number of carbonyl (C=O) groups excluding carboxylic acids is 1. The van der Waals surface area contributed by atoms with Crippen molar-refractivity contribution >= 4 is 27.8 Å². The molecule has 90 valence electrons. The molecule has 0 unspecified atom stereocenters. The van der Waals surface area contributed by atoms with E-state index in [1.54, 1.807) is 36.7 Å².